The van der Waals surface area contributed by atoms with Crippen LogP contribution in [0.2, 0.25) is 0 Å². The van der Waals surface area contributed by atoms with Crippen molar-refractivity contribution in [1.82, 2.24) is 10.2 Å². The van der Waals surface area contributed by atoms with Gasteiger partial charge < -0.3 is 10.2 Å². The number of benzene rings is 2. The lowest BCUT2D eigenvalue weighted by Crippen LogP contribution is -2.38. The van der Waals surface area contributed by atoms with Crippen molar-refractivity contribution in [1.29, 1.82) is 0 Å². The molecule has 2 rings (SSSR count). The molecule has 2 aromatic carbocycles. The molecule has 26 heavy (non-hydrogen) atoms. The normalized spacial score (nSPS) is 12.3. The first-order chi connectivity index (χ1) is 12.2. The third-order valence-corrected chi connectivity index (χ3v) is 4.56. The van der Waals surface area contributed by atoms with Crippen LogP contribution in [0.3, 0.4) is 0 Å². The van der Waals surface area contributed by atoms with Crippen molar-refractivity contribution in [3.8, 4) is 0 Å². The fraction of sp³-hybridized carbons (Fsp3) is 0.278. The lowest BCUT2D eigenvalue weighted by Gasteiger charge is -2.26. The largest absolute Gasteiger partial charge is 0.334 e. The Hall–Kier alpha value is -2.61. The van der Waals surface area contributed by atoms with Crippen LogP contribution in [-0.4, -0.2) is 32.7 Å². The first-order valence-corrected chi connectivity index (χ1v) is 9.88. The fourth-order valence-corrected chi connectivity index (χ4v) is 2.97. The first-order valence-electron chi connectivity index (χ1n) is 7.99. The van der Waals surface area contributed by atoms with Crippen molar-refractivity contribution < 1.29 is 17.6 Å². The second-order valence-corrected chi connectivity index (χ2v) is 7.79. The molecule has 0 aromatic heterocycles. The molecule has 140 valence electrons. The van der Waals surface area contributed by atoms with E-state index in [1.807, 2.05) is 0 Å². The van der Waals surface area contributed by atoms with Gasteiger partial charge >= 0.3 is 6.03 Å². The molecule has 0 unspecified atom stereocenters. The number of anilines is 1. The number of hydrogen-bond acceptors (Lipinski definition) is 3. The van der Waals surface area contributed by atoms with Gasteiger partial charge in [-0.25, -0.2) is 17.6 Å². The van der Waals surface area contributed by atoms with Crippen LogP contribution < -0.4 is 10.0 Å². The Morgan fingerprint density at radius 1 is 1.15 bits per heavy atom. The molecule has 2 amide bonds. The third kappa shape index (κ3) is 5.45. The van der Waals surface area contributed by atoms with Gasteiger partial charge in [0.15, 0.2) is 0 Å². The van der Waals surface area contributed by atoms with Gasteiger partial charge in [0, 0.05) is 24.8 Å². The molecule has 0 spiro atoms. The molecule has 0 heterocycles. The van der Waals surface area contributed by atoms with Gasteiger partial charge in [0.25, 0.3) is 0 Å². The van der Waals surface area contributed by atoms with E-state index in [-0.39, 0.29) is 18.4 Å². The van der Waals surface area contributed by atoms with Gasteiger partial charge in [-0.3, -0.25) is 4.72 Å². The predicted molar refractivity (Wildman–Crippen MR) is 99.7 cm³/mol. The number of nitrogens with one attached hydrogen (secondary N) is 2. The second kappa shape index (κ2) is 8.18. The Kier molecular flexibility index (Phi) is 6.20. The number of carbonyl (C=O) groups is 1. The summed E-state index contributed by atoms with van der Waals surface area (Å²) in [6.45, 7) is 2.02. The zero-order valence-corrected chi connectivity index (χ0v) is 15.7. The highest BCUT2D eigenvalue weighted by Crippen LogP contribution is 2.21. The number of carbonyl (C=O) groups excluding carboxylic acids is 1. The molecule has 6 nitrogen and oxygen atoms in total. The standard InChI is InChI=1S/C18H22FN3O3S/c1-13(16-6-4-5-7-17(16)19)22(2)18(23)20-12-14-8-10-15(11-9-14)21-26(3,24)25/h4-11,13,21H,12H2,1-3H3,(H,20,23)/t13-/m0/s1. The number of nitrogens with zero attached hydrogens (tertiary/aromatic N) is 1. The Balaban J connectivity index is 1.94. The van der Waals surface area contributed by atoms with Crippen LogP contribution in [0.1, 0.15) is 24.1 Å². The van der Waals surface area contributed by atoms with Crippen molar-refractivity contribution in [2.24, 2.45) is 0 Å². The Labute approximate surface area is 153 Å². The fourth-order valence-electron chi connectivity index (χ4n) is 2.41. The van der Waals surface area contributed by atoms with E-state index < -0.39 is 16.1 Å². The number of halogens is 1. The van der Waals surface area contributed by atoms with E-state index in [0.29, 0.717) is 11.3 Å². The second-order valence-electron chi connectivity index (χ2n) is 6.04. The minimum Gasteiger partial charge on any atom is -0.334 e. The summed E-state index contributed by atoms with van der Waals surface area (Å²) < 4.78 is 38.6. The summed E-state index contributed by atoms with van der Waals surface area (Å²) in [5, 5.41) is 2.76. The van der Waals surface area contributed by atoms with Crippen LogP contribution in [0, 0.1) is 5.82 Å². The smallest absolute Gasteiger partial charge is 0.317 e. The van der Waals surface area contributed by atoms with Crippen LogP contribution in [0.15, 0.2) is 48.5 Å². The molecule has 0 saturated carbocycles. The minimum absolute atomic E-state index is 0.270. The molecule has 0 aliphatic carbocycles. The molecule has 8 heteroatoms. The molecular weight excluding hydrogens is 357 g/mol. The molecule has 0 fully saturated rings. The Morgan fingerprint density at radius 3 is 2.35 bits per heavy atom. The predicted octanol–water partition coefficient (Wildman–Crippen LogP) is 3.10. The third-order valence-electron chi connectivity index (χ3n) is 3.96. The van der Waals surface area contributed by atoms with E-state index in [0.717, 1.165) is 11.8 Å². The van der Waals surface area contributed by atoms with E-state index in [4.69, 9.17) is 0 Å². The maximum Gasteiger partial charge on any atom is 0.317 e. The maximum absolute atomic E-state index is 13.9. The highest BCUT2D eigenvalue weighted by molar-refractivity contribution is 7.92. The number of urea groups is 1. The Morgan fingerprint density at radius 2 is 1.77 bits per heavy atom. The van der Waals surface area contributed by atoms with Crippen LogP contribution >= 0.6 is 0 Å². The molecule has 1 atom stereocenters. The van der Waals surface area contributed by atoms with Crippen LogP contribution in [0.5, 0.6) is 0 Å². The summed E-state index contributed by atoms with van der Waals surface area (Å²) in [5.41, 5.74) is 1.71. The van der Waals surface area contributed by atoms with E-state index in [1.54, 1.807) is 56.4 Å². The molecule has 0 bridgehead atoms. The molecule has 0 aliphatic heterocycles. The van der Waals surface area contributed by atoms with Gasteiger partial charge in [0.05, 0.1) is 12.3 Å². The molecule has 0 aliphatic rings. The van der Waals surface area contributed by atoms with Crippen molar-refractivity contribution in [3.05, 3.63) is 65.5 Å². The molecule has 2 N–H and O–H groups in total. The number of rotatable bonds is 6. The van der Waals surface area contributed by atoms with Crippen LogP contribution in [-0.2, 0) is 16.6 Å². The zero-order valence-electron chi connectivity index (χ0n) is 14.9. The highest BCUT2D eigenvalue weighted by atomic mass is 32.2. The summed E-state index contributed by atoms with van der Waals surface area (Å²) in [6, 6.07) is 12.3. The summed E-state index contributed by atoms with van der Waals surface area (Å²) in [4.78, 5) is 13.7. The van der Waals surface area contributed by atoms with Gasteiger partial charge in [-0.2, -0.15) is 0 Å². The lowest BCUT2D eigenvalue weighted by atomic mass is 10.1. The monoisotopic (exact) mass is 379 g/mol. The zero-order chi connectivity index (χ0) is 19.3. The number of sulfonamides is 1. The summed E-state index contributed by atoms with van der Waals surface area (Å²) in [6.07, 6.45) is 1.08. The number of amides is 2. The highest BCUT2D eigenvalue weighted by Gasteiger charge is 2.19. The Bertz CT molecular complexity index is 870. The molecular formula is C18H22FN3O3S. The van der Waals surface area contributed by atoms with Crippen molar-refractivity contribution >= 4 is 21.7 Å². The van der Waals surface area contributed by atoms with Crippen LogP contribution in [0.25, 0.3) is 0 Å². The van der Waals surface area contributed by atoms with Gasteiger partial charge in [-0.1, -0.05) is 30.3 Å². The van der Waals surface area contributed by atoms with Gasteiger partial charge in [0.1, 0.15) is 5.82 Å². The van der Waals surface area contributed by atoms with Gasteiger partial charge in [0.2, 0.25) is 10.0 Å². The van der Waals surface area contributed by atoms with Gasteiger partial charge in [-0.15, -0.1) is 0 Å². The summed E-state index contributed by atoms with van der Waals surface area (Å²) >= 11 is 0. The van der Waals surface area contributed by atoms with Crippen molar-refractivity contribution in [2.45, 2.75) is 19.5 Å². The lowest BCUT2D eigenvalue weighted by molar-refractivity contribution is 0.193. The first kappa shape index (κ1) is 19.7. The SMILES string of the molecule is C[C@@H](c1ccccc1F)N(C)C(=O)NCc1ccc(NS(C)(=O)=O)cc1. The van der Waals surface area contributed by atoms with Crippen molar-refractivity contribution in [2.75, 3.05) is 18.0 Å². The molecule has 2 aromatic rings. The average Bonchev–Trinajstić information content (AvgIpc) is 2.58. The minimum atomic E-state index is -3.32. The van der Waals surface area contributed by atoms with E-state index in [1.165, 1.54) is 11.0 Å². The van der Waals surface area contributed by atoms with E-state index in [2.05, 4.69) is 10.0 Å². The quantitative estimate of drug-likeness (QED) is 0.810. The topological polar surface area (TPSA) is 78.5 Å². The summed E-state index contributed by atoms with van der Waals surface area (Å²) in [7, 11) is -1.72. The maximum atomic E-state index is 13.9. The average molecular weight is 379 g/mol. The van der Waals surface area contributed by atoms with E-state index in [9.17, 15) is 17.6 Å². The van der Waals surface area contributed by atoms with Gasteiger partial charge in [-0.05, 0) is 30.7 Å². The summed E-state index contributed by atoms with van der Waals surface area (Å²) in [5.74, 6) is -0.353. The van der Waals surface area contributed by atoms with Crippen LogP contribution in [0.4, 0.5) is 14.9 Å². The molecule has 0 radical (unpaired) electrons. The van der Waals surface area contributed by atoms with Crippen molar-refractivity contribution in [3.63, 3.8) is 0 Å². The number of hydrogen-bond donors (Lipinski definition) is 2. The van der Waals surface area contributed by atoms with E-state index >= 15 is 0 Å². The molecule has 0 saturated heterocycles.